The van der Waals surface area contributed by atoms with Crippen molar-refractivity contribution in [2.75, 3.05) is 5.73 Å². The molecular formula is C32H42N2. The third-order valence-electron chi connectivity index (χ3n) is 6.07. The second kappa shape index (κ2) is 12.8. The van der Waals surface area contributed by atoms with Gasteiger partial charge < -0.3 is 10.3 Å². The maximum Gasteiger partial charge on any atom is 0.0475 e. The number of benzene rings is 2. The predicted molar refractivity (Wildman–Crippen MR) is 151 cm³/mol. The molecule has 0 bridgehead atoms. The second-order valence-corrected chi connectivity index (χ2v) is 9.02. The van der Waals surface area contributed by atoms with Gasteiger partial charge in [-0.2, -0.15) is 0 Å². The van der Waals surface area contributed by atoms with Crippen LogP contribution in [0.2, 0.25) is 0 Å². The van der Waals surface area contributed by atoms with E-state index in [0.29, 0.717) is 0 Å². The van der Waals surface area contributed by atoms with E-state index in [2.05, 4.69) is 107 Å². The highest BCUT2D eigenvalue weighted by molar-refractivity contribution is 5.72. The summed E-state index contributed by atoms with van der Waals surface area (Å²) in [7, 11) is 0. The summed E-state index contributed by atoms with van der Waals surface area (Å²) >= 11 is 0. The Morgan fingerprint density at radius 1 is 0.824 bits per heavy atom. The summed E-state index contributed by atoms with van der Waals surface area (Å²) in [5.74, 6) is 0. The molecule has 34 heavy (non-hydrogen) atoms. The van der Waals surface area contributed by atoms with E-state index >= 15 is 0 Å². The second-order valence-electron chi connectivity index (χ2n) is 9.02. The van der Waals surface area contributed by atoms with Crippen molar-refractivity contribution in [2.45, 2.75) is 68.4 Å². The molecule has 180 valence electrons. The van der Waals surface area contributed by atoms with Gasteiger partial charge in [-0.3, -0.25) is 0 Å². The molecule has 0 amide bonds. The molecule has 3 rings (SSSR count). The van der Waals surface area contributed by atoms with E-state index in [1.54, 1.807) is 0 Å². The molecule has 0 aliphatic rings. The standard InChI is InChI=1S/C24H31N.C8H11N/c1-7-10-12-21(11-8-2)17-25-19(5)23(9-3)24(20(25)6)22-15-13-18(4)14-16-22;1-6-3-7(2)5-8(9)4-6/h7-8,10-16H,9,17H2,1-6H3;3-5H,9H2,1-2H3/b10-7+,11-8-,21-12+;. The molecule has 0 radical (unpaired) electrons. The molecule has 2 aromatic carbocycles. The molecule has 3 aromatic rings. The van der Waals surface area contributed by atoms with E-state index in [-0.39, 0.29) is 0 Å². The summed E-state index contributed by atoms with van der Waals surface area (Å²) < 4.78 is 2.46. The lowest BCUT2D eigenvalue weighted by molar-refractivity contribution is 0.744. The van der Waals surface area contributed by atoms with E-state index in [0.717, 1.165) is 18.7 Å². The van der Waals surface area contributed by atoms with Crippen molar-refractivity contribution >= 4 is 5.69 Å². The number of nitrogens with two attached hydrogens (primary N) is 1. The topological polar surface area (TPSA) is 30.9 Å². The molecule has 0 saturated heterocycles. The fourth-order valence-electron chi connectivity index (χ4n) is 4.51. The maximum atomic E-state index is 5.56. The summed E-state index contributed by atoms with van der Waals surface area (Å²) in [4.78, 5) is 0. The first-order chi connectivity index (χ1) is 16.2. The average molecular weight is 455 g/mol. The van der Waals surface area contributed by atoms with Crippen LogP contribution in [0.4, 0.5) is 5.69 Å². The summed E-state index contributed by atoms with van der Waals surface area (Å²) in [5.41, 5.74) is 18.4. The molecule has 1 heterocycles. The predicted octanol–water partition coefficient (Wildman–Crippen LogP) is 8.61. The van der Waals surface area contributed by atoms with Crippen molar-refractivity contribution in [1.29, 1.82) is 0 Å². The highest BCUT2D eigenvalue weighted by atomic mass is 15.0. The number of anilines is 1. The molecule has 0 aliphatic heterocycles. The van der Waals surface area contributed by atoms with Crippen LogP contribution in [0.5, 0.6) is 0 Å². The summed E-state index contributed by atoms with van der Waals surface area (Å²) in [6, 6.07) is 15.0. The lowest BCUT2D eigenvalue weighted by Crippen LogP contribution is -2.04. The normalized spacial score (nSPS) is 11.8. The van der Waals surface area contributed by atoms with Gasteiger partial charge in [0.25, 0.3) is 0 Å². The van der Waals surface area contributed by atoms with Crippen molar-refractivity contribution in [3.63, 3.8) is 0 Å². The van der Waals surface area contributed by atoms with Crippen LogP contribution in [0, 0.1) is 34.6 Å². The maximum absolute atomic E-state index is 5.56. The molecule has 2 nitrogen and oxygen atoms in total. The van der Waals surface area contributed by atoms with Gasteiger partial charge in [0.2, 0.25) is 0 Å². The van der Waals surface area contributed by atoms with E-state index in [9.17, 15) is 0 Å². The zero-order chi connectivity index (χ0) is 25.3. The van der Waals surface area contributed by atoms with E-state index in [1.807, 2.05) is 26.0 Å². The quantitative estimate of drug-likeness (QED) is 0.293. The van der Waals surface area contributed by atoms with Gasteiger partial charge in [-0.15, -0.1) is 0 Å². The van der Waals surface area contributed by atoms with Gasteiger partial charge in [0.1, 0.15) is 0 Å². The van der Waals surface area contributed by atoms with Crippen LogP contribution in [-0.2, 0) is 13.0 Å². The largest absolute Gasteiger partial charge is 0.399 e. The first-order valence-electron chi connectivity index (χ1n) is 12.3. The lowest BCUT2D eigenvalue weighted by Gasteiger charge is -2.11. The molecular weight excluding hydrogens is 412 g/mol. The Balaban J connectivity index is 0.000000379. The number of allylic oxidation sites excluding steroid dienone is 6. The monoisotopic (exact) mass is 454 g/mol. The van der Waals surface area contributed by atoms with Gasteiger partial charge in [0.15, 0.2) is 0 Å². The Labute approximate surface area is 207 Å². The number of hydrogen-bond donors (Lipinski definition) is 1. The zero-order valence-corrected chi connectivity index (χ0v) is 22.4. The number of nitrogen functional groups attached to an aromatic ring is 1. The third-order valence-corrected chi connectivity index (χ3v) is 6.07. The number of rotatable bonds is 6. The average Bonchev–Trinajstić information content (AvgIpc) is 3.01. The van der Waals surface area contributed by atoms with Crippen LogP contribution in [0.3, 0.4) is 0 Å². The Morgan fingerprint density at radius 2 is 1.44 bits per heavy atom. The van der Waals surface area contributed by atoms with Gasteiger partial charge in [-0.1, -0.05) is 73.2 Å². The van der Waals surface area contributed by atoms with E-state index in [4.69, 9.17) is 5.73 Å². The summed E-state index contributed by atoms with van der Waals surface area (Å²) in [5, 5.41) is 0. The van der Waals surface area contributed by atoms with Crippen LogP contribution >= 0.6 is 0 Å². The molecule has 0 unspecified atom stereocenters. The van der Waals surface area contributed by atoms with Crippen LogP contribution in [-0.4, -0.2) is 4.57 Å². The SMILES string of the molecule is C\C=C/C(=C\C=C\C)Cn1c(C)c(CC)c(-c2ccc(C)cc2)c1C.Cc1cc(C)cc(N)c1. The fraction of sp³-hybridized carbons (Fsp3) is 0.312. The van der Waals surface area contributed by atoms with Crippen LogP contribution in [0.15, 0.2) is 78.4 Å². The fourth-order valence-corrected chi connectivity index (χ4v) is 4.51. The molecule has 0 spiro atoms. The van der Waals surface area contributed by atoms with Gasteiger partial charge in [-0.25, -0.2) is 0 Å². The molecule has 0 saturated carbocycles. The smallest absolute Gasteiger partial charge is 0.0475 e. The van der Waals surface area contributed by atoms with Gasteiger partial charge in [0, 0.05) is 29.2 Å². The number of nitrogens with zero attached hydrogens (tertiary/aromatic N) is 1. The summed E-state index contributed by atoms with van der Waals surface area (Å²) in [6.07, 6.45) is 11.8. The van der Waals surface area contributed by atoms with Crippen molar-refractivity contribution in [3.8, 4) is 11.1 Å². The van der Waals surface area contributed by atoms with Crippen LogP contribution in [0.25, 0.3) is 11.1 Å². The van der Waals surface area contributed by atoms with Crippen LogP contribution < -0.4 is 5.73 Å². The van der Waals surface area contributed by atoms with Crippen molar-refractivity contribution in [1.82, 2.24) is 4.57 Å². The van der Waals surface area contributed by atoms with Gasteiger partial charge >= 0.3 is 0 Å². The Hall–Kier alpha value is -3.26. The summed E-state index contributed by atoms with van der Waals surface area (Å²) in [6.45, 7) is 18.0. The lowest BCUT2D eigenvalue weighted by atomic mass is 9.98. The Kier molecular flexibility index (Phi) is 10.2. The number of aryl methyl sites for hydroxylation is 3. The number of aromatic nitrogens is 1. The molecule has 0 atom stereocenters. The van der Waals surface area contributed by atoms with Gasteiger partial charge in [0.05, 0.1) is 0 Å². The van der Waals surface area contributed by atoms with Crippen molar-refractivity contribution < 1.29 is 0 Å². The third kappa shape index (κ3) is 7.12. The molecule has 0 fully saturated rings. The minimum atomic E-state index is 0.854. The minimum absolute atomic E-state index is 0.854. The Bertz CT molecular complexity index is 1120. The molecule has 0 aliphatic carbocycles. The zero-order valence-electron chi connectivity index (χ0n) is 22.4. The first-order valence-corrected chi connectivity index (χ1v) is 12.3. The first kappa shape index (κ1) is 27.0. The molecule has 1 aromatic heterocycles. The number of hydrogen-bond acceptors (Lipinski definition) is 1. The highest BCUT2D eigenvalue weighted by Gasteiger charge is 2.17. The minimum Gasteiger partial charge on any atom is -0.399 e. The van der Waals surface area contributed by atoms with Crippen molar-refractivity contribution in [2.24, 2.45) is 0 Å². The van der Waals surface area contributed by atoms with E-state index in [1.165, 1.54) is 50.3 Å². The highest BCUT2D eigenvalue weighted by Crippen LogP contribution is 2.33. The van der Waals surface area contributed by atoms with Gasteiger partial charge in [-0.05, 0) is 94.8 Å². The molecule has 2 heteroatoms. The van der Waals surface area contributed by atoms with E-state index < -0.39 is 0 Å². The van der Waals surface area contributed by atoms with Crippen molar-refractivity contribution in [3.05, 3.63) is 112 Å². The Morgan fingerprint density at radius 3 is 1.94 bits per heavy atom. The van der Waals surface area contributed by atoms with Crippen LogP contribution in [0.1, 0.15) is 54.4 Å². The molecule has 2 N–H and O–H groups in total.